The summed E-state index contributed by atoms with van der Waals surface area (Å²) in [6.45, 7) is 0.538. The number of amides is 1. The fraction of sp³-hybridized carbons (Fsp3) is 0.316. The van der Waals surface area contributed by atoms with Crippen molar-refractivity contribution in [2.45, 2.75) is 19.4 Å². The molecular weight excluding hydrogens is 439 g/mol. The first-order valence-electron chi connectivity index (χ1n) is 8.82. The van der Waals surface area contributed by atoms with Gasteiger partial charge in [-0.2, -0.15) is 0 Å². The summed E-state index contributed by atoms with van der Waals surface area (Å²) in [5.74, 6) is 0.867. The van der Waals surface area contributed by atoms with Crippen LogP contribution in [0, 0.1) is 0 Å². The van der Waals surface area contributed by atoms with Crippen molar-refractivity contribution in [1.82, 2.24) is 5.32 Å². The number of carbonyl (C=O) groups excluding carboxylic acids is 1. The minimum absolute atomic E-state index is 0.107. The predicted molar refractivity (Wildman–Crippen MR) is 112 cm³/mol. The van der Waals surface area contributed by atoms with Crippen LogP contribution < -0.4 is 19.1 Å². The van der Waals surface area contributed by atoms with E-state index in [0.29, 0.717) is 33.7 Å². The fourth-order valence-electron chi connectivity index (χ4n) is 2.86. The Labute approximate surface area is 179 Å². The van der Waals surface area contributed by atoms with E-state index < -0.39 is 10.0 Å². The van der Waals surface area contributed by atoms with Crippen LogP contribution in [0.1, 0.15) is 18.4 Å². The maximum atomic E-state index is 12.2. The van der Waals surface area contributed by atoms with E-state index in [2.05, 4.69) is 5.32 Å². The van der Waals surface area contributed by atoms with Crippen molar-refractivity contribution in [3.63, 3.8) is 0 Å². The third kappa shape index (κ3) is 5.68. The number of sulfonamides is 1. The van der Waals surface area contributed by atoms with E-state index in [0.717, 1.165) is 11.8 Å². The average molecular weight is 459 g/mol. The highest BCUT2D eigenvalue weighted by Crippen LogP contribution is 2.36. The van der Waals surface area contributed by atoms with E-state index in [4.69, 9.17) is 32.7 Å². The lowest BCUT2D eigenvalue weighted by molar-refractivity contribution is -0.121. The summed E-state index contributed by atoms with van der Waals surface area (Å²) in [7, 11) is -3.52. The zero-order chi connectivity index (χ0) is 21.0. The molecule has 1 aliphatic rings. The molecule has 1 heterocycles. The molecule has 0 unspecified atom stereocenters. The highest BCUT2D eigenvalue weighted by molar-refractivity contribution is 7.92. The van der Waals surface area contributed by atoms with Gasteiger partial charge in [0, 0.05) is 35.6 Å². The van der Waals surface area contributed by atoms with Gasteiger partial charge in [-0.1, -0.05) is 29.3 Å². The first-order valence-corrected chi connectivity index (χ1v) is 11.4. The van der Waals surface area contributed by atoms with Crippen molar-refractivity contribution in [2.75, 3.05) is 23.9 Å². The molecule has 0 atom stereocenters. The summed E-state index contributed by atoms with van der Waals surface area (Å²) in [5, 5.41) is 3.77. The topological polar surface area (TPSA) is 84.9 Å². The van der Waals surface area contributed by atoms with Crippen LogP contribution in [0.2, 0.25) is 10.0 Å². The monoisotopic (exact) mass is 458 g/mol. The van der Waals surface area contributed by atoms with Gasteiger partial charge in [0.15, 0.2) is 11.5 Å². The van der Waals surface area contributed by atoms with Gasteiger partial charge >= 0.3 is 0 Å². The van der Waals surface area contributed by atoms with E-state index in [1.165, 1.54) is 4.31 Å². The van der Waals surface area contributed by atoms with Gasteiger partial charge in [0.05, 0.1) is 11.9 Å². The zero-order valence-electron chi connectivity index (χ0n) is 15.7. The summed E-state index contributed by atoms with van der Waals surface area (Å²) in [6, 6.07) is 9.99. The number of carbonyl (C=O) groups is 1. The summed E-state index contributed by atoms with van der Waals surface area (Å²) >= 11 is 11.9. The molecule has 1 amide bonds. The highest BCUT2D eigenvalue weighted by Gasteiger charge is 2.21. The second-order valence-electron chi connectivity index (χ2n) is 6.49. The van der Waals surface area contributed by atoms with Gasteiger partial charge in [-0.3, -0.25) is 9.10 Å². The molecule has 3 rings (SSSR count). The molecule has 1 aliphatic heterocycles. The van der Waals surface area contributed by atoms with Crippen molar-refractivity contribution in [3.05, 3.63) is 52.0 Å². The van der Waals surface area contributed by atoms with Gasteiger partial charge in [-0.15, -0.1) is 0 Å². The van der Waals surface area contributed by atoms with Gasteiger partial charge in [-0.05, 0) is 36.2 Å². The number of rotatable bonds is 8. The molecule has 0 saturated carbocycles. The third-order valence-electron chi connectivity index (χ3n) is 4.30. The summed E-state index contributed by atoms with van der Waals surface area (Å²) < 4.78 is 36.2. The number of nitrogens with one attached hydrogen (secondary N) is 1. The van der Waals surface area contributed by atoms with Crippen molar-refractivity contribution in [3.8, 4) is 11.5 Å². The molecule has 0 fully saturated rings. The first kappa shape index (κ1) is 21.5. The second-order valence-corrected chi connectivity index (χ2v) is 9.24. The number of fused-ring (bicyclic) bond motifs is 1. The average Bonchev–Trinajstić information content (AvgIpc) is 3.11. The molecule has 2 aromatic carbocycles. The number of anilines is 1. The number of hydrogen-bond acceptors (Lipinski definition) is 5. The standard InChI is InChI=1S/C19H20Cl2N2O5S/c1-29(25,26)23(15-6-7-17-18(10-15)28-12-27-17)8-2-3-19(24)22-11-13-4-5-14(20)9-16(13)21/h4-7,9-10H,2-3,8,11-12H2,1H3,(H,22,24). The molecule has 2 aromatic rings. The molecule has 0 bridgehead atoms. The molecule has 1 N–H and O–H groups in total. The van der Waals surface area contributed by atoms with Gasteiger partial charge in [0.2, 0.25) is 22.7 Å². The van der Waals surface area contributed by atoms with Gasteiger partial charge < -0.3 is 14.8 Å². The molecule has 0 aromatic heterocycles. The molecule has 29 heavy (non-hydrogen) atoms. The van der Waals surface area contributed by atoms with Crippen LogP contribution in [0.3, 0.4) is 0 Å². The Morgan fingerprint density at radius 3 is 2.62 bits per heavy atom. The number of benzene rings is 2. The maximum absolute atomic E-state index is 12.2. The minimum atomic E-state index is -3.52. The Hall–Kier alpha value is -2.16. The third-order valence-corrected chi connectivity index (χ3v) is 6.08. The summed E-state index contributed by atoms with van der Waals surface area (Å²) in [4.78, 5) is 12.1. The van der Waals surface area contributed by atoms with E-state index >= 15 is 0 Å². The normalized spacial score (nSPS) is 12.7. The SMILES string of the molecule is CS(=O)(=O)N(CCCC(=O)NCc1ccc(Cl)cc1Cl)c1ccc2c(c1)OCO2. The van der Waals surface area contributed by atoms with Crippen LogP contribution in [0.5, 0.6) is 11.5 Å². The Morgan fingerprint density at radius 1 is 1.14 bits per heavy atom. The van der Waals surface area contributed by atoms with Crippen LogP contribution in [-0.2, 0) is 21.4 Å². The van der Waals surface area contributed by atoms with Crippen molar-refractivity contribution in [2.24, 2.45) is 0 Å². The molecule has 0 radical (unpaired) electrons. The van der Waals surface area contributed by atoms with Crippen molar-refractivity contribution >= 4 is 44.8 Å². The van der Waals surface area contributed by atoms with E-state index in [9.17, 15) is 13.2 Å². The molecular formula is C19H20Cl2N2O5S. The van der Waals surface area contributed by atoms with E-state index in [1.807, 2.05) is 0 Å². The number of ether oxygens (including phenoxy) is 2. The Bertz CT molecular complexity index is 1010. The number of hydrogen-bond donors (Lipinski definition) is 1. The lowest BCUT2D eigenvalue weighted by atomic mass is 10.2. The van der Waals surface area contributed by atoms with E-state index in [1.54, 1.807) is 36.4 Å². The van der Waals surface area contributed by atoms with Crippen molar-refractivity contribution < 1.29 is 22.7 Å². The smallest absolute Gasteiger partial charge is 0.232 e. The van der Waals surface area contributed by atoms with Crippen LogP contribution >= 0.6 is 23.2 Å². The van der Waals surface area contributed by atoms with Crippen LogP contribution in [0.25, 0.3) is 0 Å². The largest absolute Gasteiger partial charge is 0.454 e. The summed E-state index contributed by atoms with van der Waals surface area (Å²) in [6.07, 6.45) is 1.64. The van der Waals surface area contributed by atoms with Crippen LogP contribution in [-0.4, -0.2) is 33.9 Å². The lowest BCUT2D eigenvalue weighted by Gasteiger charge is -2.22. The van der Waals surface area contributed by atoms with Crippen LogP contribution in [0.15, 0.2) is 36.4 Å². The molecule has 0 aliphatic carbocycles. The van der Waals surface area contributed by atoms with Crippen LogP contribution in [0.4, 0.5) is 5.69 Å². The minimum Gasteiger partial charge on any atom is -0.454 e. The quantitative estimate of drug-likeness (QED) is 0.653. The summed E-state index contributed by atoms with van der Waals surface area (Å²) in [5.41, 5.74) is 1.22. The predicted octanol–water partition coefficient (Wildman–Crippen LogP) is 3.58. The molecule has 0 spiro atoms. The van der Waals surface area contributed by atoms with Crippen molar-refractivity contribution in [1.29, 1.82) is 0 Å². The Balaban J connectivity index is 1.55. The molecule has 7 nitrogen and oxygen atoms in total. The Kier molecular flexibility index (Phi) is 6.77. The zero-order valence-corrected chi connectivity index (χ0v) is 18.0. The maximum Gasteiger partial charge on any atom is 0.232 e. The molecule has 10 heteroatoms. The molecule has 0 saturated heterocycles. The van der Waals surface area contributed by atoms with Gasteiger partial charge in [-0.25, -0.2) is 8.42 Å². The second kappa shape index (κ2) is 9.11. The first-order chi connectivity index (χ1) is 13.7. The molecule has 156 valence electrons. The number of halogens is 2. The Morgan fingerprint density at radius 2 is 1.90 bits per heavy atom. The number of nitrogens with zero attached hydrogens (tertiary/aromatic N) is 1. The van der Waals surface area contributed by atoms with E-state index in [-0.39, 0.29) is 32.2 Å². The lowest BCUT2D eigenvalue weighted by Crippen LogP contribution is -2.32. The van der Waals surface area contributed by atoms with Gasteiger partial charge in [0.25, 0.3) is 0 Å². The fourth-order valence-corrected chi connectivity index (χ4v) is 4.29. The highest BCUT2D eigenvalue weighted by atomic mass is 35.5. The van der Waals surface area contributed by atoms with Gasteiger partial charge in [0.1, 0.15) is 0 Å².